The molecule has 5 nitrogen and oxygen atoms in total. The minimum absolute atomic E-state index is 0.794. The Balaban J connectivity index is 2.49. The molecule has 0 aliphatic rings. The van der Waals surface area contributed by atoms with Gasteiger partial charge in [0, 0.05) is 12.3 Å². The maximum atomic E-state index is 3.94. The van der Waals surface area contributed by atoms with E-state index in [2.05, 4.69) is 27.4 Å². The topological polar surface area (TPSA) is 55.6 Å². The maximum absolute atomic E-state index is 3.94. The molecule has 0 saturated heterocycles. The predicted octanol–water partition coefficient (Wildman–Crippen LogP) is 0.561. The first-order chi connectivity index (χ1) is 6.74. The second-order valence-electron chi connectivity index (χ2n) is 3.03. The molecule has 0 unspecified atom stereocenters. The third kappa shape index (κ3) is 3.47. The number of rotatable bonds is 6. The monoisotopic (exact) mass is 213 g/mol. The normalized spacial score (nSPS) is 10.4. The van der Waals surface area contributed by atoms with Crippen LogP contribution in [-0.2, 0) is 6.54 Å². The highest BCUT2D eigenvalue weighted by atomic mass is 32.2. The number of hydrogen-bond donors (Lipinski definition) is 1. The standard InChI is InChI=1S/C8H15N5S/c1-7(2)6-14-8-10-11-12-13(8)5-4-9-3/h9H,1,4-6H2,2-3H3. The van der Waals surface area contributed by atoms with Gasteiger partial charge in [0.05, 0.1) is 6.54 Å². The van der Waals surface area contributed by atoms with Crippen LogP contribution in [-0.4, -0.2) is 39.6 Å². The first kappa shape index (κ1) is 11.2. The molecule has 6 heteroatoms. The van der Waals surface area contributed by atoms with Gasteiger partial charge in [-0.15, -0.1) is 5.10 Å². The van der Waals surface area contributed by atoms with Crippen LogP contribution in [0.5, 0.6) is 0 Å². The van der Waals surface area contributed by atoms with E-state index in [0.717, 1.165) is 29.6 Å². The molecule has 78 valence electrons. The van der Waals surface area contributed by atoms with Crippen molar-refractivity contribution in [2.24, 2.45) is 0 Å². The number of aromatic nitrogens is 4. The van der Waals surface area contributed by atoms with E-state index in [1.165, 1.54) is 0 Å². The van der Waals surface area contributed by atoms with Crippen molar-refractivity contribution in [2.45, 2.75) is 18.6 Å². The SMILES string of the molecule is C=C(C)CSc1nnnn1CCNC. The summed E-state index contributed by atoms with van der Waals surface area (Å²) in [6.45, 7) is 7.49. The lowest BCUT2D eigenvalue weighted by Crippen LogP contribution is -2.16. The quantitative estimate of drug-likeness (QED) is 0.553. The number of nitrogens with zero attached hydrogens (tertiary/aromatic N) is 4. The molecule has 0 spiro atoms. The molecule has 14 heavy (non-hydrogen) atoms. The van der Waals surface area contributed by atoms with Gasteiger partial charge >= 0.3 is 0 Å². The first-order valence-corrected chi connectivity index (χ1v) is 5.40. The summed E-state index contributed by atoms with van der Waals surface area (Å²) in [6.07, 6.45) is 0. The number of nitrogens with one attached hydrogen (secondary N) is 1. The van der Waals surface area contributed by atoms with Crippen LogP contribution in [0.15, 0.2) is 17.3 Å². The van der Waals surface area contributed by atoms with E-state index in [1.807, 2.05) is 14.0 Å². The maximum Gasteiger partial charge on any atom is 0.209 e. The molecule has 1 aromatic rings. The fraction of sp³-hybridized carbons (Fsp3) is 0.625. The molecule has 0 aliphatic carbocycles. The molecule has 1 N–H and O–H groups in total. The fourth-order valence-electron chi connectivity index (χ4n) is 0.846. The summed E-state index contributed by atoms with van der Waals surface area (Å²) >= 11 is 1.61. The summed E-state index contributed by atoms with van der Waals surface area (Å²) in [6, 6.07) is 0. The van der Waals surface area contributed by atoms with Crippen LogP contribution in [0.2, 0.25) is 0 Å². The Morgan fingerprint density at radius 2 is 2.43 bits per heavy atom. The van der Waals surface area contributed by atoms with Crippen LogP contribution in [0.25, 0.3) is 0 Å². The van der Waals surface area contributed by atoms with Gasteiger partial charge in [-0.3, -0.25) is 0 Å². The minimum atomic E-state index is 0.794. The van der Waals surface area contributed by atoms with E-state index in [-0.39, 0.29) is 0 Å². The predicted molar refractivity (Wildman–Crippen MR) is 57.3 cm³/mol. The Bertz CT molecular complexity index is 296. The van der Waals surface area contributed by atoms with Crippen molar-refractivity contribution < 1.29 is 0 Å². The Hall–Kier alpha value is -0.880. The Morgan fingerprint density at radius 1 is 1.64 bits per heavy atom. The summed E-state index contributed by atoms with van der Waals surface area (Å²) in [5.74, 6) is 0.861. The molecule has 0 amide bonds. The van der Waals surface area contributed by atoms with Gasteiger partial charge in [0.15, 0.2) is 0 Å². The van der Waals surface area contributed by atoms with Crippen molar-refractivity contribution in [1.82, 2.24) is 25.5 Å². The highest BCUT2D eigenvalue weighted by Crippen LogP contribution is 2.15. The summed E-state index contributed by atoms with van der Waals surface area (Å²) < 4.78 is 1.80. The smallest absolute Gasteiger partial charge is 0.209 e. The van der Waals surface area contributed by atoms with E-state index < -0.39 is 0 Å². The molecule has 0 aliphatic heterocycles. The van der Waals surface area contributed by atoms with Crippen LogP contribution < -0.4 is 5.32 Å². The fourth-order valence-corrected chi connectivity index (χ4v) is 1.59. The molecule has 0 radical (unpaired) electrons. The number of likely N-dealkylation sites (N-methyl/N-ethyl adjacent to an activating group) is 1. The van der Waals surface area contributed by atoms with E-state index in [9.17, 15) is 0 Å². The zero-order valence-corrected chi connectivity index (χ0v) is 9.34. The van der Waals surface area contributed by atoms with Gasteiger partial charge in [0.1, 0.15) is 0 Å². The molecule has 0 saturated carbocycles. The molecule has 1 rings (SSSR count). The molecule has 0 bridgehead atoms. The van der Waals surface area contributed by atoms with Crippen molar-refractivity contribution in [3.8, 4) is 0 Å². The van der Waals surface area contributed by atoms with E-state index in [1.54, 1.807) is 16.4 Å². The minimum Gasteiger partial charge on any atom is -0.318 e. The van der Waals surface area contributed by atoms with Crippen LogP contribution in [0, 0.1) is 0 Å². The van der Waals surface area contributed by atoms with E-state index >= 15 is 0 Å². The Morgan fingerprint density at radius 3 is 3.07 bits per heavy atom. The third-order valence-corrected chi connectivity index (χ3v) is 2.71. The largest absolute Gasteiger partial charge is 0.318 e. The summed E-state index contributed by atoms with van der Waals surface area (Å²) in [5, 5.41) is 15.4. The number of tetrazole rings is 1. The second-order valence-corrected chi connectivity index (χ2v) is 3.98. The van der Waals surface area contributed by atoms with Crippen molar-refractivity contribution >= 4 is 11.8 Å². The zero-order valence-electron chi connectivity index (χ0n) is 8.53. The lowest BCUT2D eigenvalue weighted by atomic mass is 10.4. The van der Waals surface area contributed by atoms with Crippen LogP contribution in [0.3, 0.4) is 0 Å². The highest BCUT2D eigenvalue weighted by Gasteiger charge is 2.05. The summed E-state index contributed by atoms with van der Waals surface area (Å²) in [5.41, 5.74) is 1.12. The van der Waals surface area contributed by atoms with Gasteiger partial charge in [-0.05, 0) is 24.4 Å². The van der Waals surface area contributed by atoms with Crippen molar-refractivity contribution in [2.75, 3.05) is 19.3 Å². The first-order valence-electron chi connectivity index (χ1n) is 4.42. The molecular formula is C8H15N5S. The van der Waals surface area contributed by atoms with Gasteiger partial charge in [-0.1, -0.05) is 23.9 Å². The van der Waals surface area contributed by atoms with Gasteiger partial charge in [-0.2, -0.15) is 0 Å². The number of hydrogen-bond acceptors (Lipinski definition) is 5. The third-order valence-electron chi connectivity index (χ3n) is 1.52. The molecule has 1 aromatic heterocycles. The summed E-state index contributed by atoms with van der Waals surface area (Å²) in [7, 11) is 1.91. The van der Waals surface area contributed by atoms with E-state index in [0.29, 0.717) is 0 Å². The molecule has 0 aromatic carbocycles. The van der Waals surface area contributed by atoms with Crippen molar-refractivity contribution in [3.63, 3.8) is 0 Å². The lowest BCUT2D eigenvalue weighted by Gasteiger charge is -2.02. The molecule has 1 heterocycles. The van der Waals surface area contributed by atoms with Crippen molar-refractivity contribution in [1.29, 1.82) is 0 Å². The molecule has 0 atom stereocenters. The van der Waals surface area contributed by atoms with Gasteiger partial charge in [0.25, 0.3) is 0 Å². The van der Waals surface area contributed by atoms with E-state index in [4.69, 9.17) is 0 Å². The molecular weight excluding hydrogens is 198 g/mol. The lowest BCUT2D eigenvalue weighted by molar-refractivity contribution is 0.530. The van der Waals surface area contributed by atoms with Crippen LogP contribution in [0.4, 0.5) is 0 Å². The zero-order chi connectivity index (χ0) is 10.4. The van der Waals surface area contributed by atoms with Crippen LogP contribution >= 0.6 is 11.8 Å². The second kappa shape index (κ2) is 5.77. The van der Waals surface area contributed by atoms with Crippen LogP contribution in [0.1, 0.15) is 6.92 Å². The van der Waals surface area contributed by atoms with Gasteiger partial charge in [-0.25, -0.2) is 4.68 Å². The summed E-state index contributed by atoms with van der Waals surface area (Å²) in [4.78, 5) is 0. The number of thioether (sulfide) groups is 1. The van der Waals surface area contributed by atoms with Gasteiger partial charge < -0.3 is 5.32 Å². The Kier molecular flexibility index (Phi) is 4.61. The average Bonchev–Trinajstić information content (AvgIpc) is 2.58. The average molecular weight is 213 g/mol. The highest BCUT2D eigenvalue weighted by molar-refractivity contribution is 7.99. The Labute approximate surface area is 88.0 Å². The molecule has 0 fully saturated rings. The van der Waals surface area contributed by atoms with Crippen molar-refractivity contribution in [3.05, 3.63) is 12.2 Å². The van der Waals surface area contributed by atoms with Gasteiger partial charge in [0.2, 0.25) is 5.16 Å².